The number of hydrogen-bond acceptors (Lipinski definition) is 4. The fraction of sp³-hybridized carbons (Fsp3) is 0.174. The highest BCUT2D eigenvalue weighted by Crippen LogP contribution is 2.25. The molecule has 6 nitrogen and oxygen atoms in total. The molecular weight excluding hydrogens is 446 g/mol. The summed E-state index contributed by atoms with van der Waals surface area (Å²) in [5.41, 5.74) is 2.32. The summed E-state index contributed by atoms with van der Waals surface area (Å²) < 4.78 is 6.95. The number of carbonyl (C=O) groups is 1. The first-order valence-corrected chi connectivity index (χ1v) is 10.2. The number of H-pyrrole nitrogens is 1. The zero-order valence-corrected chi connectivity index (χ0v) is 17.7. The predicted molar refractivity (Wildman–Crippen MR) is 117 cm³/mol. The second kappa shape index (κ2) is 10.4. The Kier molecular flexibility index (Phi) is 7.41. The molecule has 0 radical (unpaired) electrons. The van der Waals surface area contributed by atoms with Crippen LogP contribution in [-0.4, -0.2) is 17.4 Å². The van der Waals surface area contributed by atoms with Gasteiger partial charge in [0.1, 0.15) is 24.5 Å². The topological polar surface area (TPSA) is 95.0 Å². The summed E-state index contributed by atoms with van der Waals surface area (Å²) >= 11 is 3.50. The van der Waals surface area contributed by atoms with E-state index in [1.807, 2.05) is 54.6 Å². The number of aromatic amines is 1. The number of benzene rings is 2. The number of ether oxygens (including phenoxy) is 1. The molecule has 3 rings (SSSR count). The molecule has 0 unspecified atom stereocenters. The fourth-order valence-electron chi connectivity index (χ4n) is 2.94. The van der Waals surface area contributed by atoms with Crippen molar-refractivity contribution in [3.05, 3.63) is 97.9 Å². The lowest BCUT2D eigenvalue weighted by Crippen LogP contribution is -2.30. The number of hydrogen-bond donors (Lipinski definition) is 2. The third kappa shape index (κ3) is 5.82. The van der Waals surface area contributed by atoms with Crippen molar-refractivity contribution >= 4 is 21.8 Å². The van der Waals surface area contributed by atoms with Crippen LogP contribution in [0.1, 0.15) is 27.2 Å². The van der Waals surface area contributed by atoms with Crippen molar-refractivity contribution in [2.75, 3.05) is 6.54 Å². The maximum atomic E-state index is 12.2. The summed E-state index contributed by atoms with van der Waals surface area (Å²) in [7, 11) is 0. The molecule has 2 N–H and O–H groups in total. The summed E-state index contributed by atoms with van der Waals surface area (Å²) in [5, 5.41) is 10.9. The molecule has 0 fully saturated rings. The van der Waals surface area contributed by atoms with Crippen LogP contribution in [0.3, 0.4) is 0 Å². The van der Waals surface area contributed by atoms with Crippen molar-refractivity contribution in [3.63, 3.8) is 0 Å². The number of amides is 1. The van der Waals surface area contributed by atoms with Crippen molar-refractivity contribution in [1.82, 2.24) is 10.3 Å². The highest BCUT2D eigenvalue weighted by atomic mass is 79.9. The van der Waals surface area contributed by atoms with Crippen molar-refractivity contribution in [2.45, 2.75) is 19.4 Å². The molecule has 30 heavy (non-hydrogen) atoms. The van der Waals surface area contributed by atoms with E-state index in [-0.39, 0.29) is 12.1 Å². The van der Waals surface area contributed by atoms with E-state index in [0.29, 0.717) is 25.1 Å². The lowest BCUT2D eigenvalue weighted by Gasteiger charge is -2.12. The molecule has 0 aliphatic heterocycles. The van der Waals surface area contributed by atoms with Gasteiger partial charge in [0.25, 0.3) is 11.5 Å². The third-order valence-electron chi connectivity index (χ3n) is 4.47. The summed E-state index contributed by atoms with van der Waals surface area (Å²) in [4.78, 5) is 26.8. The van der Waals surface area contributed by atoms with Gasteiger partial charge in [-0.1, -0.05) is 46.3 Å². The van der Waals surface area contributed by atoms with Gasteiger partial charge in [0.05, 0.1) is 6.07 Å². The van der Waals surface area contributed by atoms with Gasteiger partial charge in [-0.05, 0) is 54.3 Å². The fourth-order valence-corrected chi connectivity index (χ4v) is 3.35. The largest absolute Gasteiger partial charge is 0.489 e. The molecular formula is C23H20BrN3O3. The molecule has 0 atom stereocenters. The second-order valence-corrected chi connectivity index (χ2v) is 7.51. The number of aryl methyl sites for hydroxylation is 2. The Morgan fingerprint density at radius 3 is 2.63 bits per heavy atom. The van der Waals surface area contributed by atoms with Gasteiger partial charge in [0.15, 0.2) is 0 Å². The monoisotopic (exact) mass is 465 g/mol. The molecule has 7 heteroatoms. The molecule has 152 valence electrons. The molecule has 0 aliphatic rings. The molecule has 1 amide bonds. The zero-order chi connectivity index (χ0) is 21.3. The van der Waals surface area contributed by atoms with Gasteiger partial charge in [-0.25, -0.2) is 0 Å². The normalized spacial score (nSPS) is 10.3. The Morgan fingerprint density at radius 2 is 1.90 bits per heavy atom. The van der Waals surface area contributed by atoms with Gasteiger partial charge in [-0.3, -0.25) is 9.59 Å². The van der Waals surface area contributed by atoms with Crippen LogP contribution in [0.15, 0.2) is 69.9 Å². The average molecular weight is 466 g/mol. The Hall–Kier alpha value is -3.37. The molecule has 0 bridgehead atoms. The van der Waals surface area contributed by atoms with E-state index in [0.717, 1.165) is 21.3 Å². The quantitative estimate of drug-likeness (QED) is 0.495. The first-order chi connectivity index (χ1) is 14.6. The first-order valence-electron chi connectivity index (χ1n) is 9.39. The maximum absolute atomic E-state index is 12.2. The average Bonchev–Trinajstić information content (AvgIpc) is 2.76. The van der Waals surface area contributed by atoms with E-state index in [4.69, 9.17) is 10.00 Å². The van der Waals surface area contributed by atoms with Crippen LogP contribution in [-0.2, 0) is 19.4 Å². The summed E-state index contributed by atoms with van der Waals surface area (Å²) in [6.07, 6.45) is 1.23. The number of halogens is 1. The highest BCUT2D eigenvalue weighted by molar-refractivity contribution is 9.10. The third-order valence-corrected chi connectivity index (χ3v) is 4.96. The minimum atomic E-state index is -0.562. The number of pyridine rings is 1. The standard InChI is InChI=1S/C23H20BrN3O3/c24-18-7-11-21(30-15-16-4-2-1-3-5-16)17(14-18)6-8-19-9-10-20(23(29)27-19)22(28)26-13-12-25/h1-5,7,9-11,14H,6,8,13,15H2,(H,26,28)(H,27,29). The Labute approximate surface area is 182 Å². The van der Waals surface area contributed by atoms with Crippen molar-refractivity contribution in [3.8, 4) is 11.8 Å². The number of nitriles is 1. The number of rotatable bonds is 8. The van der Waals surface area contributed by atoms with Crippen molar-refractivity contribution in [2.24, 2.45) is 0 Å². The zero-order valence-electron chi connectivity index (χ0n) is 16.2. The van der Waals surface area contributed by atoms with Crippen LogP contribution in [0.2, 0.25) is 0 Å². The SMILES string of the molecule is N#CCNC(=O)c1ccc(CCc2cc(Br)ccc2OCc2ccccc2)[nH]c1=O. The lowest BCUT2D eigenvalue weighted by molar-refractivity contribution is 0.0957. The van der Waals surface area contributed by atoms with Gasteiger partial charge in [0.2, 0.25) is 0 Å². The Bertz CT molecular complexity index is 1120. The van der Waals surface area contributed by atoms with Crippen LogP contribution >= 0.6 is 15.9 Å². The number of nitrogens with one attached hydrogen (secondary N) is 2. The Morgan fingerprint density at radius 1 is 1.10 bits per heavy atom. The molecule has 2 aromatic carbocycles. The van der Waals surface area contributed by atoms with Gasteiger partial charge < -0.3 is 15.0 Å². The Balaban J connectivity index is 1.68. The molecule has 1 aromatic heterocycles. The summed E-state index contributed by atoms with van der Waals surface area (Å²) in [6.45, 7) is 0.327. The van der Waals surface area contributed by atoms with Crippen LogP contribution < -0.4 is 15.6 Å². The van der Waals surface area contributed by atoms with E-state index in [9.17, 15) is 9.59 Å². The number of nitrogens with zero attached hydrogens (tertiary/aromatic N) is 1. The van der Waals surface area contributed by atoms with E-state index >= 15 is 0 Å². The number of carbonyl (C=O) groups excluding carboxylic acids is 1. The van der Waals surface area contributed by atoms with E-state index in [2.05, 4.69) is 26.2 Å². The van der Waals surface area contributed by atoms with Gasteiger partial charge in [-0.15, -0.1) is 0 Å². The second-order valence-electron chi connectivity index (χ2n) is 6.59. The summed E-state index contributed by atoms with van der Waals surface area (Å²) in [6, 6.07) is 20.8. The maximum Gasteiger partial charge on any atom is 0.260 e. The van der Waals surface area contributed by atoms with Crippen LogP contribution in [0.25, 0.3) is 0 Å². The van der Waals surface area contributed by atoms with Gasteiger partial charge in [0, 0.05) is 10.2 Å². The molecule has 0 saturated carbocycles. The van der Waals surface area contributed by atoms with Crippen LogP contribution in [0.4, 0.5) is 0 Å². The minimum Gasteiger partial charge on any atom is -0.489 e. The molecule has 3 aromatic rings. The van der Waals surface area contributed by atoms with E-state index in [1.165, 1.54) is 6.07 Å². The van der Waals surface area contributed by atoms with Crippen molar-refractivity contribution < 1.29 is 9.53 Å². The van der Waals surface area contributed by atoms with Gasteiger partial charge >= 0.3 is 0 Å². The lowest BCUT2D eigenvalue weighted by atomic mass is 10.1. The van der Waals surface area contributed by atoms with Crippen LogP contribution in [0.5, 0.6) is 5.75 Å². The van der Waals surface area contributed by atoms with Crippen molar-refractivity contribution in [1.29, 1.82) is 5.26 Å². The van der Waals surface area contributed by atoms with E-state index in [1.54, 1.807) is 6.07 Å². The molecule has 1 heterocycles. The smallest absolute Gasteiger partial charge is 0.260 e. The predicted octanol–water partition coefficient (Wildman–Crippen LogP) is 3.75. The highest BCUT2D eigenvalue weighted by Gasteiger charge is 2.11. The van der Waals surface area contributed by atoms with Gasteiger partial charge in [-0.2, -0.15) is 5.26 Å². The summed E-state index contributed by atoms with van der Waals surface area (Å²) in [5.74, 6) is 0.227. The molecule has 0 saturated heterocycles. The minimum absolute atomic E-state index is 0.0108. The van der Waals surface area contributed by atoms with E-state index < -0.39 is 11.5 Å². The molecule has 0 spiro atoms. The van der Waals surface area contributed by atoms with Crippen LogP contribution in [0, 0.1) is 11.3 Å². The first kappa shape index (κ1) is 21.3. The molecule has 0 aliphatic carbocycles. The number of aromatic nitrogens is 1.